The van der Waals surface area contributed by atoms with E-state index in [4.69, 9.17) is 5.73 Å². The average Bonchev–Trinajstić information content (AvgIpc) is 1.88. The third kappa shape index (κ3) is 1.48. The third-order valence-electron chi connectivity index (χ3n) is 2.09. The van der Waals surface area contributed by atoms with Crippen LogP contribution in [0.4, 0.5) is 0 Å². The van der Waals surface area contributed by atoms with Crippen LogP contribution in [-0.2, 0) is 4.79 Å². The van der Waals surface area contributed by atoms with Crippen molar-refractivity contribution in [1.82, 2.24) is 0 Å². The van der Waals surface area contributed by atoms with Gasteiger partial charge in [-0.1, -0.05) is 12.8 Å². The van der Waals surface area contributed by atoms with Crippen molar-refractivity contribution >= 4 is 5.91 Å². The van der Waals surface area contributed by atoms with Gasteiger partial charge in [0.2, 0.25) is 5.91 Å². The number of rotatable bonds is 1. The first-order valence-electron chi connectivity index (χ1n) is 3.69. The molecule has 0 saturated heterocycles. The van der Waals surface area contributed by atoms with E-state index in [0.29, 0.717) is 0 Å². The smallest absolute Gasteiger partial charge is 0.223 e. The molecule has 1 aliphatic rings. The van der Waals surface area contributed by atoms with Gasteiger partial charge >= 0.3 is 0 Å². The van der Waals surface area contributed by atoms with E-state index in [1.54, 1.807) is 0 Å². The molecule has 2 unspecified atom stereocenters. The fourth-order valence-corrected chi connectivity index (χ4v) is 1.44. The summed E-state index contributed by atoms with van der Waals surface area (Å²) in [6.45, 7) is 0. The molecule has 0 aromatic carbocycles. The predicted octanol–water partition coefficient (Wildman–Crippen LogP) is 0.0228. The van der Waals surface area contributed by atoms with Crippen molar-refractivity contribution in [2.24, 2.45) is 11.7 Å². The molecule has 0 aromatic heterocycles. The minimum absolute atomic E-state index is 0.284. The Labute approximate surface area is 60.2 Å². The van der Waals surface area contributed by atoms with Gasteiger partial charge in [0.25, 0.3) is 0 Å². The monoisotopic (exact) mass is 143 g/mol. The highest BCUT2D eigenvalue weighted by Gasteiger charge is 2.26. The van der Waals surface area contributed by atoms with Crippen LogP contribution in [0.15, 0.2) is 0 Å². The Bertz CT molecular complexity index is 136. The summed E-state index contributed by atoms with van der Waals surface area (Å²) in [6.07, 6.45) is 3.05. The van der Waals surface area contributed by atoms with Crippen LogP contribution in [0.2, 0.25) is 0 Å². The van der Waals surface area contributed by atoms with Crippen LogP contribution in [0.5, 0.6) is 0 Å². The highest BCUT2D eigenvalue weighted by atomic mass is 16.3. The number of carbonyl (C=O) groups is 1. The van der Waals surface area contributed by atoms with Crippen LogP contribution >= 0.6 is 0 Å². The molecule has 1 fully saturated rings. The van der Waals surface area contributed by atoms with Gasteiger partial charge in [-0.2, -0.15) is 0 Å². The van der Waals surface area contributed by atoms with Gasteiger partial charge < -0.3 is 10.8 Å². The topological polar surface area (TPSA) is 63.3 Å². The van der Waals surface area contributed by atoms with E-state index in [2.05, 4.69) is 0 Å². The maximum atomic E-state index is 10.6. The lowest BCUT2D eigenvalue weighted by Crippen LogP contribution is -2.35. The maximum Gasteiger partial charge on any atom is 0.223 e. The Kier molecular flexibility index (Phi) is 2.27. The second-order valence-corrected chi connectivity index (χ2v) is 2.86. The fraction of sp³-hybridized carbons (Fsp3) is 0.857. The van der Waals surface area contributed by atoms with Crippen molar-refractivity contribution in [2.45, 2.75) is 31.8 Å². The summed E-state index contributed by atoms with van der Waals surface area (Å²) in [6, 6.07) is 0. The summed E-state index contributed by atoms with van der Waals surface area (Å²) in [5, 5.41) is 9.24. The summed E-state index contributed by atoms with van der Waals surface area (Å²) >= 11 is 0. The third-order valence-corrected chi connectivity index (χ3v) is 2.09. The van der Waals surface area contributed by atoms with Crippen molar-refractivity contribution < 1.29 is 9.90 Å². The van der Waals surface area contributed by atoms with Crippen LogP contribution in [0.25, 0.3) is 0 Å². The Morgan fingerprint density at radius 2 is 2.00 bits per heavy atom. The fourth-order valence-electron chi connectivity index (χ4n) is 1.44. The molecule has 58 valence electrons. The second kappa shape index (κ2) is 3.01. The molecule has 3 nitrogen and oxygen atoms in total. The lowest BCUT2D eigenvalue weighted by molar-refractivity contribution is -0.126. The van der Waals surface area contributed by atoms with Crippen LogP contribution in [0, 0.1) is 5.92 Å². The molecule has 1 saturated carbocycles. The Hall–Kier alpha value is -0.570. The Morgan fingerprint density at radius 1 is 1.40 bits per heavy atom. The van der Waals surface area contributed by atoms with Crippen molar-refractivity contribution in [2.75, 3.05) is 0 Å². The highest BCUT2D eigenvalue weighted by Crippen LogP contribution is 2.23. The van der Waals surface area contributed by atoms with E-state index in [1.807, 2.05) is 0 Å². The molecule has 0 bridgehead atoms. The summed E-state index contributed by atoms with van der Waals surface area (Å²) in [5.74, 6) is -0.638. The van der Waals surface area contributed by atoms with Gasteiger partial charge in [-0.3, -0.25) is 4.79 Å². The van der Waals surface area contributed by atoms with E-state index < -0.39 is 6.10 Å². The lowest BCUT2D eigenvalue weighted by atomic mass is 9.86. The van der Waals surface area contributed by atoms with Crippen LogP contribution in [0.1, 0.15) is 25.7 Å². The number of amides is 1. The molecule has 3 heteroatoms. The largest absolute Gasteiger partial charge is 0.392 e. The molecular weight excluding hydrogens is 130 g/mol. The molecule has 1 amide bonds. The van der Waals surface area contributed by atoms with Gasteiger partial charge in [0.05, 0.1) is 12.0 Å². The zero-order chi connectivity index (χ0) is 7.56. The number of primary amides is 1. The molecule has 2 atom stereocenters. The number of aliphatic hydroxyl groups is 1. The average molecular weight is 143 g/mol. The molecule has 1 rings (SSSR count). The molecular formula is C7H13NO2. The van der Waals surface area contributed by atoms with Crippen molar-refractivity contribution in [3.63, 3.8) is 0 Å². The van der Waals surface area contributed by atoms with Crippen LogP contribution < -0.4 is 5.73 Å². The number of hydrogen-bond acceptors (Lipinski definition) is 2. The summed E-state index contributed by atoms with van der Waals surface area (Å²) in [7, 11) is 0. The number of hydrogen-bond donors (Lipinski definition) is 2. The molecule has 1 aliphatic carbocycles. The maximum absolute atomic E-state index is 10.6. The summed E-state index contributed by atoms with van der Waals surface area (Å²) in [5.41, 5.74) is 5.06. The van der Waals surface area contributed by atoms with E-state index in [9.17, 15) is 9.90 Å². The van der Waals surface area contributed by atoms with Gasteiger partial charge in [0.1, 0.15) is 0 Å². The molecule has 0 spiro atoms. The van der Waals surface area contributed by atoms with Gasteiger partial charge in [-0.15, -0.1) is 0 Å². The molecule has 0 heterocycles. The van der Waals surface area contributed by atoms with E-state index >= 15 is 0 Å². The van der Waals surface area contributed by atoms with E-state index in [1.165, 1.54) is 0 Å². The Morgan fingerprint density at radius 3 is 2.40 bits per heavy atom. The summed E-state index contributed by atoms with van der Waals surface area (Å²) in [4.78, 5) is 10.6. The van der Waals surface area contributed by atoms with Gasteiger partial charge in [-0.25, -0.2) is 0 Å². The van der Waals surface area contributed by atoms with Crippen LogP contribution in [-0.4, -0.2) is 17.1 Å². The normalized spacial score (nSPS) is 33.7. The quantitative estimate of drug-likeness (QED) is 0.543. The highest BCUT2D eigenvalue weighted by molar-refractivity contribution is 5.77. The lowest BCUT2D eigenvalue weighted by Gasteiger charge is -2.24. The molecule has 0 aromatic rings. The standard InChI is InChI=1S/C7H13NO2/c8-7(10)5-3-1-2-4-6(5)9/h5-6,9H,1-4H2,(H2,8,10). The first-order valence-corrected chi connectivity index (χ1v) is 3.69. The Balaban J connectivity index is 2.47. The number of carbonyl (C=O) groups excluding carboxylic acids is 1. The zero-order valence-electron chi connectivity index (χ0n) is 5.92. The SMILES string of the molecule is NC(=O)C1CCCCC1O. The minimum atomic E-state index is -0.480. The van der Waals surface area contributed by atoms with Gasteiger partial charge in [-0.05, 0) is 12.8 Å². The van der Waals surface area contributed by atoms with Crippen LogP contribution in [0.3, 0.4) is 0 Å². The zero-order valence-corrected chi connectivity index (χ0v) is 5.92. The minimum Gasteiger partial charge on any atom is -0.392 e. The van der Waals surface area contributed by atoms with Gasteiger partial charge in [0.15, 0.2) is 0 Å². The van der Waals surface area contributed by atoms with E-state index in [-0.39, 0.29) is 11.8 Å². The molecule has 0 aliphatic heterocycles. The molecule has 3 N–H and O–H groups in total. The van der Waals surface area contributed by atoms with Gasteiger partial charge in [0, 0.05) is 0 Å². The first kappa shape index (κ1) is 7.54. The molecule has 0 radical (unpaired) electrons. The summed E-state index contributed by atoms with van der Waals surface area (Å²) < 4.78 is 0. The van der Waals surface area contributed by atoms with E-state index in [0.717, 1.165) is 25.7 Å². The second-order valence-electron chi connectivity index (χ2n) is 2.86. The first-order chi connectivity index (χ1) is 4.72. The molecule has 10 heavy (non-hydrogen) atoms. The number of nitrogens with two attached hydrogens (primary N) is 1. The van der Waals surface area contributed by atoms with Crippen molar-refractivity contribution in [3.05, 3.63) is 0 Å². The predicted molar refractivity (Wildman–Crippen MR) is 37.2 cm³/mol. The van der Waals surface area contributed by atoms with Crippen molar-refractivity contribution in [3.8, 4) is 0 Å². The number of aliphatic hydroxyl groups excluding tert-OH is 1. The van der Waals surface area contributed by atoms with Crippen molar-refractivity contribution in [1.29, 1.82) is 0 Å².